The van der Waals surface area contributed by atoms with E-state index in [2.05, 4.69) is 20.7 Å². The van der Waals surface area contributed by atoms with Gasteiger partial charge in [-0.25, -0.2) is 4.39 Å². The Labute approximate surface area is 206 Å². The molecule has 3 rings (SSSR count). The number of nitrogens with one attached hydrogen (secondary N) is 3. The van der Waals surface area contributed by atoms with Crippen LogP contribution in [-0.2, 0) is 14.3 Å². The predicted molar refractivity (Wildman–Crippen MR) is 120 cm³/mol. The largest absolute Gasteiger partial charge is 0.522 e. The molecule has 3 N–H and O–H groups in total. The lowest BCUT2D eigenvalue weighted by atomic mass is 9.89. The summed E-state index contributed by atoms with van der Waals surface area (Å²) in [4.78, 5) is 24.8. The van der Waals surface area contributed by atoms with Crippen LogP contribution in [-0.4, -0.2) is 55.6 Å². The zero-order valence-corrected chi connectivity index (χ0v) is 20.1. The zero-order chi connectivity index (χ0) is 25.6. The molecule has 0 spiro atoms. The second-order valence-electron chi connectivity index (χ2n) is 9.06. The summed E-state index contributed by atoms with van der Waals surface area (Å²) in [6, 6.07) is 3.55. The molecule has 1 saturated heterocycles. The van der Waals surface area contributed by atoms with Gasteiger partial charge in [-0.15, -0.1) is 13.2 Å². The fourth-order valence-corrected chi connectivity index (χ4v) is 4.56. The fourth-order valence-electron chi connectivity index (χ4n) is 4.44. The zero-order valence-electron chi connectivity index (χ0n) is 19.3. The minimum absolute atomic E-state index is 0.0320. The van der Waals surface area contributed by atoms with Gasteiger partial charge in [-0.2, -0.15) is 0 Å². The minimum atomic E-state index is -4.64. The van der Waals surface area contributed by atoms with Gasteiger partial charge in [-0.1, -0.05) is 18.5 Å². The number of hydrogen-bond donors (Lipinski definition) is 3. The van der Waals surface area contributed by atoms with E-state index in [-0.39, 0.29) is 66.1 Å². The summed E-state index contributed by atoms with van der Waals surface area (Å²) in [5, 5.41) is 9.05. The van der Waals surface area contributed by atoms with E-state index in [1.165, 1.54) is 12.1 Å². The van der Waals surface area contributed by atoms with E-state index < -0.39 is 18.3 Å². The Balaban J connectivity index is 1.34. The molecular weight excluding hydrogens is 494 g/mol. The van der Waals surface area contributed by atoms with Crippen molar-refractivity contribution in [3.05, 3.63) is 29.0 Å². The number of piperidine rings is 1. The van der Waals surface area contributed by atoms with Crippen molar-refractivity contribution < 1.29 is 36.6 Å². The van der Waals surface area contributed by atoms with Crippen LogP contribution in [0.5, 0.6) is 5.75 Å². The minimum Gasteiger partial charge on any atom is -0.484 e. The first kappa shape index (κ1) is 27.5. The van der Waals surface area contributed by atoms with Crippen LogP contribution >= 0.6 is 11.6 Å². The van der Waals surface area contributed by atoms with Gasteiger partial charge >= 0.3 is 6.36 Å². The van der Waals surface area contributed by atoms with Gasteiger partial charge in [0, 0.05) is 30.7 Å². The molecule has 12 heteroatoms. The van der Waals surface area contributed by atoms with Crippen molar-refractivity contribution in [3.8, 4) is 5.75 Å². The number of alkyl halides is 3. The maximum absolute atomic E-state index is 13.4. The lowest BCUT2D eigenvalue weighted by molar-refractivity contribution is -0.345. The van der Waals surface area contributed by atoms with Gasteiger partial charge in [0.15, 0.2) is 6.61 Å². The highest BCUT2D eigenvalue weighted by molar-refractivity contribution is 6.30. The summed E-state index contributed by atoms with van der Waals surface area (Å²) in [7, 11) is 0. The van der Waals surface area contributed by atoms with Crippen molar-refractivity contribution in [3.63, 3.8) is 0 Å². The van der Waals surface area contributed by atoms with Crippen molar-refractivity contribution in [2.45, 2.75) is 76.0 Å². The average molecular weight is 524 g/mol. The van der Waals surface area contributed by atoms with Crippen LogP contribution in [0.1, 0.15) is 45.4 Å². The Morgan fingerprint density at radius 1 is 1.11 bits per heavy atom. The molecule has 0 aromatic heterocycles. The van der Waals surface area contributed by atoms with Crippen LogP contribution in [0.25, 0.3) is 0 Å². The quantitative estimate of drug-likeness (QED) is 0.452. The van der Waals surface area contributed by atoms with Crippen LogP contribution in [0, 0.1) is 11.7 Å². The Bertz CT molecular complexity index is 873. The van der Waals surface area contributed by atoms with Crippen LogP contribution < -0.4 is 20.7 Å². The summed E-state index contributed by atoms with van der Waals surface area (Å²) >= 11 is 5.62. The molecule has 7 nitrogen and oxygen atoms in total. The molecule has 0 bridgehead atoms. The van der Waals surface area contributed by atoms with E-state index in [1.807, 2.05) is 6.92 Å². The second kappa shape index (κ2) is 12.2. The number of amides is 2. The summed E-state index contributed by atoms with van der Waals surface area (Å²) < 4.78 is 59.9. The van der Waals surface area contributed by atoms with Crippen LogP contribution in [0.15, 0.2) is 18.2 Å². The van der Waals surface area contributed by atoms with E-state index in [4.69, 9.17) is 16.3 Å². The number of halogens is 5. The lowest BCUT2D eigenvalue weighted by Crippen LogP contribution is -2.54. The van der Waals surface area contributed by atoms with Gasteiger partial charge < -0.3 is 20.7 Å². The van der Waals surface area contributed by atoms with E-state index in [9.17, 15) is 27.2 Å². The number of benzene rings is 1. The average Bonchev–Trinajstić information content (AvgIpc) is 2.80. The van der Waals surface area contributed by atoms with E-state index >= 15 is 0 Å². The summed E-state index contributed by atoms with van der Waals surface area (Å²) in [5.74, 6) is -1.26. The predicted octanol–water partition coefficient (Wildman–Crippen LogP) is 3.69. The number of ether oxygens (including phenoxy) is 2. The Morgan fingerprint density at radius 2 is 1.80 bits per heavy atom. The summed E-state index contributed by atoms with van der Waals surface area (Å²) in [6.45, 7) is 2.02. The Kier molecular flexibility index (Phi) is 9.60. The third-order valence-electron chi connectivity index (χ3n) is 6.42. The normalized spacial score (nSPS) is 26.0. The van der Waals surface area contributed by atoms with E-state index in [0.29, 0.717) is 32.2 Å². The molecule has 1 aliphatic heterocycles. The van der Waals surface area contributed by atoms with Gasteiger partial charge in [0.25, 0.3) is 5.91 Å². The molecule has 2 fully saturated rings. The molecule has 1 aromatic carbocycles. The molecule has 35 heavy (non-hydrogen) atoms. The molecule has 1 aromatic rings. The van der Waals surface area contributed by atoms with Crippen LogP contribution in [0.4, 0.5) is 17.6 Å². The highest BCUT2D eigenvalue weighted by Crippen LogP contribution is 2.28. The highest BCUT2D eigenvalue weighted by Gasteiger charge is 2.36. The van der Waals surface area contributed by atoms with Gasteiger partial charge in [-0.05, 0) is 50.7 Å². The molecule has 2 aliphatic rings. The molecule has 2 amide bonds. The monoisotopic (exact) mass is 523 g/mol. The number of hydrogen-bond acceptors (Lipinski definition) is 5. The Morgan fingerprint density at radius 3 is 2.40 bits per heavy atom. The van der Waals surface area contributed by atoms with Crippen molar-refractivity contribution in [1.82, 2.24) is 16.0 Å². The maximum atomic E-state index is 13.4. The molecule has 1 unspecified atom stereocenters. The van der Waals surface area contributed by atoms with Gasteiger partial charge in [-0.3, -0.25) is 14.3 Å². The van der Waals surface area contributed by atoms with Crippen molar-refractivity contribution >= 4 is 23.4 Å². The second-order valence-corrected chi connectivity index (χ2v) is 9.46. The van der Waals surface area contributed by atoms with Crippen LogP contribution in [0.2, 0.25) is 5.02 Å². The first-order valence-electron chi connectivity index (χ1n) is 11.7. The van der Waals surface area contributed by atoms with Crippen molar-refractivity contribution in [2.75, 3.05) is 13.2 Å². The molecule has 3 atom stereocenters. The van der Waals surface area contributed by atoms with E-state index in [0.717, 1.165) is 6.07 Å². The molecule has 1 heterocycles. The first-order valence-corrected chi connectivity index (χ1v) is 12.0. The Hall–Kier alpha value is -2.11. The number of rotatable bonds is 8. The van der Waals surface area contributed by atoms with Crippen molar-refractivity contribution in [2.24, 2.45) is 5.92 Å². The van der Waals surface area contributed by atoms with Gasteiger partial charge in [0.2, 0.25) is 5.91 Å². The smallest absolute Gasteiger partial charge is 0.484 e. The SMILES string of the molecule is C[C@@H](C(=O)N[C@H]1CC[C@@H](OC(F)(F)F)CC1)C1CC[C@H](NC(=O)COc2ccc(Cl)c(F)c2)CN1. The molecule has 1 saturated carbocycles. The maximum Gasteiger partial charge on any atom is 0.522 e. The number of carbonyl (C=O) groups excluding carboxylic acids is 2. The van der Waals surface area contributed by atoms with Gasteiger partial charge in [0.1, 0.15) is 11.6 Å². The highest BCUT2D eigenvalue weighted by atomic mass is 35.5. The molecular formula is C23H30ClF4N3O4. The summed E-state index contributed by atoms with van der Waals surface area (Å²) in [6.07, 6.45) is -2.79. The number of carbonyl (C=O) groups is 2. The standard InChI is InChI=1S/C23H30ClF4N3O4/c1-13(22(33)31-14-2-5-16(6-3-14)35-23(26,27)28)20-9-4-15(11-29-20)30-21(32)12-34-17-7-8-18(24)19(25)10-17/h7-8,10,13-16,20,29H,2-6,9,11-12H2,1H3,(H,30,32)(H,31,33)/t13-,14-,15+,16+,20?/m1/s1. The lowest BCUT2D eigenvalue weighted by Gasteiger charge is -2.35. The first-order chi connectivity index (χ1) is 16.5. The fraction of sp³-hybridized carbons (Fsp3) is 0.652. The van der Waals surface area contributed by atoms with Gasteiger partial charge in [0.05, 0.1) is 17.0 Å². The van der Waals surface area contributed by atoms with Crippen LogP contribution in [0.3, 0.4) is 0 Å². The molecule has 0 radical (unpaired) electrons. The topological polar surface area (TPSA) is 88.7 Å². The van der Waals surface area contributed by atoms with E-state index in [1.54, 1.807) is 0 Å². The van der Waals surface area contributed by atoms with Crippen molar-refractivity contribution in [1.29, 1.82) is 0 Å². The molecule has 1 aliphatic carbocycles. The molecule has 196 valence electrons. The third kappa shape index (κ3) is 8.80. The third-order valence-corrected chi connectivity index (χ3v) is 6.72. The summed E-state index contributed by atoms with van der Waals surface area (Å²) in [5.41, 5.74) is 0.